The Kier molecular flexibility index (Phi) is 7.73. The van der Waals surface area contributed by atoms with E-state index in [4.69, 9.17) is 0 Å². The van der Waals surface area contributed by atoms with Gasteiger partial charge in [-0.3, -0.25) is 9.78 Å². The van der Waals surface area contributed by atoms with Crippen molar-refractivity contribution < 1.29 is 15.1 Å². The third-order valence-electron chi connectivity index (χ3n) is 5.45. The predicted molar refractivity (Wildman–Crippen MR) is 125 cm³/mol. The monoisotopic (exact) mass is 431 g/mol. The number of aromatic nitrogens is 1. The zero-order valence-corrected chi connectivity index (χ0v) is 18.6. The summed E-state index contributed by atoms with van der Waals surface area (Å²) in [6.45, 7) is 5.79. The predicted octanol–water partition coefficient (Wildman–Crippen LogP) is 4.21. The van der Waals surface area contributed by atoms with Crippen molar-refractivity contribution in [3.05, 3.63) is 100 Å². The maximum absolute atomic E-state index is 12.3. The molecule has 0 aliphatic carbocycles. The molecule has 0 bridgehead atoms. The van der Waals surface area contributed by atoms with Gasteiger partial charge < -0.3 is 15.6 Å². The average Bonchev–Trinajstić information content (AvgIpc) is 2.79. The fraction of sp³-hybridized carbons (Fsp3) is 0.269. The van der Waals surface area contributed by atoms with E-state index in [1.54, 1.807) is 25.3 Å². The Labute approximate surface area is 188 Å². The van der Waals surface area contributed by atoms with Crippen molar-refractivity contribution in [2.45, 2.75) is 39.2 Å². The Balaban J connectivity index is 1.93. The van der Waals surface area contributed by atoms with Gasteiger partial charge in [0, 0.05) is 41.9 Å². The normalized spacial score (nSPS) is 13.4. The molecular weight excluding hydrogens is 402 g/mol. The van der Waals surface area contributed by atoms with Gasteiger partial charge in [0.25, 0.3) is 5.91 Å². The second-order valence-corrected chi connectivity index (χ2v) is 8.03. The summed E-state index contributed by atoms with van der Waals surface area (Å²) in [4.78, 5) is 16.5. The second kappa shape index (κ2) is 10.7. The van der Waals surface area contributed by atoms with Gasteiger partial charge in [-0.05, 0) is 61.7 Å². The van der Waals surface area contributed by atoms with Crippen molar-refractivity contribution in [2.24, 2.45) is 5.16 Å². The molecule has 1 aromatic heterocycles. The number of carbonyl (C=O) groups excluding carboxylic acids is 1. The highest BCUT2D eigenvalue weighted by Gasteiger charge is 2.21. The Morgan fingerprint density at radius 1 is 1.06 bits per heavy atom. The summed E-state index contributed by atoms with van der Waals surface area (Å²) in [7, 11) is 0. The molecule has 1 heterocycles. The van der Waals surface area contributed by atoms with E-state index in [2.05, 4.69) is 34.5 Å². The number of hydrogen-bond acceptors (Lipinski definition) is 5. The van der Waals surface area contributed by atoms with Gasteiger partial charge in [0.15, 0.2) is 0 Å². The van der Waals surface area contributed by atoms with E-state index in [0.717, 1.165) is 27.9 Å². The molecule has 0 radical (unpaired) electrons. The number of benzene rings is 2. The number of oxime groups is 1. The number of rotatable bonds is 8. The first-order chi connectivity index (χ1) is 15.4. The van der Waals surface area contributed by atoms with Crippen LogP contribution in [-0.2, 0) is 0 Å². The minimum atomic E-state index is -0.600. The van der Waals surface area contributed by atoms with Gasteiger partial charge in [0.05, 0.1) is 11.8 Å². The first kappa shape index (κ1) is 23.2. The lowest BCUT2D eigenvalue weighted by Gasteiger charge is -2.21. The minimum Gasteiger partial charge on any atom is -0.411 e. The highest BCUT2D eigenvalue weighted by molar-refractivity contribution is 6.01. The molecule has 0 spiro atoms. The molecule has 0 saturated carbocycles. The highest BCUT2D eigenvalue weighted by Crippen LogP contribution is 2.32. The van der Waals surface area contributed by atoms with Crippen molar-refractivity contribution >= 4 is 11.6 Å². The number of nitrogens with one attached hydrogen (secondary N) is 1. The molecule has 0 aliphatic heterocycles. The van der Waals surface area contributed by atoms with E-state index in [1.807, 2.05) is 43.3 Å². The van der Waals surface area contributed by atoms with Gasteiger partial charge in [0.2, 0.25) is 0 Å². The lowest BCUT2D eigenvalue weighted by atomic mass is 9.83. The van der Waals surface area contributed by atoms with Crippen LogP contribution in [0.25, 0.3) is 0 Å². The number of aryl methyl sites for hydroxylation is 2. The molecule has 0 fully saturated rings. The van der Waals surface area contributed by atoms with Crippen molar-refractivity contribution in [1.29, 1.82) is 0 Å². The lowest BCUT2D eigenvalue weighted by molar-refractivity contribution is 0.0924. The van der Waals surface area contributed by atoms with E-state index in [1.165, 1.54) is 0 Å². The van der Waals surface area contributed by atoms with Gasteiger partial charge in [0.1, 0.15) is 0 Å². The van der Waals surface area contributed by atoms with Crippen LogP contribution in [0.1, 0.15) is 57.6 Å². The molecule has 0 saturated heterocycles. The van der Waals surface area contributed by atoms with Crippen LogP contribution in [0.5, 0.6) is 0 Å². The SMILES string of the molecule is Cc1cc(C(C[C@H](c2ccc(C(=O)NCC(C)O)cc2)c2ccccc2C)=NO)ccn1. The summed E-state index contributed by atoms with van der Waals surface area (Å²) in [6, 6.07) is 19.3. The summed E-state index contributed by atoms with van der Waals surface area (Å²) < 4.78 is 0. The molecule has 0 aliphatic rings. The maximum atomic E-state index is 12.3. The molecule has 3 N–H and O–H groups in total. The van der Waals surface area contributed by atoms with Crippen LogP contribution in [-0.4, -0.2) is 39.6 Å². The smallest absolute Gasteiger partial charge is 0.251 e. The molecule has 6 heteroatoms. The Hall–Kier alpha value is -3.51. The van der Waals surface area contributed by atoms with Gasteiger partial charge in [-0.25, -0.2) is 0 Å². The molecule has 32 heavy (non-hydrogen) atoms. The number of hydrogen-bond donors (Lipinski definition) is 3. The Morgan fingerprint density at radius 2 is 1.78 bits per heavy atom. The standard InChI is InChI=1S/C26H29N3O3/c1-17-6-4-5-7-23(17)24(15-25(29-32)22-12-13-27-18(2)14-22)20-8-10-21(11-9-20)26(31)28-16-19(3)30/h4-14,19,24,30,32H,15-16H2,1-3H3,(H,28,31)/t19?,24-/m1/s1. The van der Waals surface area contributed by atoms with Crippen LogP contribution in [0.15, 0.2) is 72.0 Å². The van der Waals surface area contributed by atoms with Crippen molar-refractivity contribution in [2.75, 3.05) is 6.54 Å². The fourth-order valence-electron chi connectivity index (χ4n) is 3.73. The summed E-state index contributed by atoms with van der Waals surface area (Å²) in [6.07, 6.45) is 1.59. The van der Waals surface area contributed by atoms with Gasteiger partial charge in [-0.1, -0.05) is 41.6 Å². The fourth-order valence-corrected chi connectivity index (χ4v) is 3.73. The first-order valence-electron chi connectivity index (χ1n) is 10.6. The van der Waals surface area contributed by atoms with Crippen LogP contribution >= 0.6 is 0 Å². The summed E-state index contributed by atoms with van der Waals surface area (Å²) in [5.41, 5.74) is 6.06. The van der Waals surface area contributed by atoms with Crippen LogP contribution in [0.3, 0.4) is 0 Å². The zero-order valence-electron chi connectivity index (χ0n) is 18.6. The van der Waals surface area contributed by atoms with E-state index in [-0.39, 0.29) is 18.4 Å². The lowest BCUT2D eigenvalue weighted by Crippen LogP contribution is -2.30. The molecule has 6 nitrogen and oxygen atoms in total. The third-order valence-corrected chi connectivity index (χ3v) is 5.45. The van der Waals surface area contributed by atoms with E-state index >= 15 is 0 Å². The Morgan fingerprint density at radius 3 is 2.41 bits per heavy atom. The highest BCUT2D eigenvalue weighted by atomic mass is 16.4. The van der Waals surface area contributed by atoms with Crippen LogP contribution in [0, 0.1) is 13.8 Å². The topological polar surface area (TPSA) is 94.8 Å². The first-order valence-corrected chi connectivity index (χ1v) is 10.6. The average molecular weight is 432 g/mol. The molecule has 3 aromatic rings. The molecule has 1 amide bonds. The summed E-state index contributed by atoms with van der Waals surface area (Å²) in [5, 5.41) is 25.5. The van der Waals surface area contributed by atoms with Crippen molar-refractivity contribution in [1.82, 2.24) is 10.3 Å². The number of aliphatic hydroxyl groups excluding tert-OH is 1. The molecule has 2 atom stereocenters. The summed E-state index contributed by atoms with van der Waals surface area (Å²) >= 11 is 0. The number of amides is 1. The quantitative estimate of drug-likeness (QED) is 0.283. The van der Waals surface area contributed by atoms with E-state index < -0.39 is 6.10 Å². The van der Waals surface area contributed by atoms with Crippen LogP contribution in [0.2, 0.25) is 0 Å². The third kappa shape index (κ3) is 5.80. The largest absolute Gasteiger partial charge is 0.411 e. The molecule has 2 aromatic carbocycles. The molecule has 166 valence electrons. The zero-order chi connectivity index (χ0) is 23.1. The van der Waals surface area contributed by atoms with E-state index in [9.17, 15) is 15.1 Å². The second-order valence-electron chi connectivity index (χ2n) is 8.03. The number of aliphatic hydroxyl groups is 1. The number of nitrogens with zero attached hydrogens (tertiary/aromatic N) is 2. The van der Waals surface area contributed by atoms with Crippen molar-refractivity contribution in [3.63, 3.8) is 0 Å². The van der Waals surface area contributed by atoms with Gasteiger partial charge >= 0.3 is 0 Å². The summed E-state index contributed by atoms with van der Waals surface area (Å²) in [5.74, 6) is -0.292. The van der Waals surface area contributed by atoms with Gasteiger partial charge in [-0.15, -0.1) is 0 Å². The van der Waals surface area contributed by atoms with Crippen LogP contribution in [0.4, 0.5) is 0 Å². The molecule has 3 rings (SSSR count). The van der Waals surface area contributed by atoms with Crippen LogP contribution < -0.4 is 5.32 Å². The minimum absolute atomic E-state index is 0.0647. The number of pyridine rings is 1. The van der Waals surface area contributed by atoms with Gasteiger partial charge in [-0.2, -0.15) is 0 Å². The molecular formula is C26H29N3O3. The van der Waals surface area contributed by atoms with Crippen molar-refractivity contribution in [3.8, 4) is 0 Å². The number of carbonyl (C=O) groups is 1. The Bertz CT molecular complexity index is 1090. The molecule has 1 unspecified atom stereocenters. The van der Waals surface area contributed by atoms with E-state index in [0.29, 0.717) is 17.7 Å². The maximum Gasteiger partial charge on any atom is 0.251 e.